The van der Waals surface area contributed by atoms with Crippen molar-refractivity contribution in [3.8, 4) is 0 Å². The van der Waals surface area contributed by atoms with Crippen molar-refractivity contribution >= 4 is 0 Å². The Kier molecular flexibility index (Phi) is 5.38. The number of hydrogen-bond acceptors (Lipinski definition) is 0. The zero-order valence-electron chi connectivity index (χ0n) is 7.61. The molecule has 0 heteroatoms. The third-order valence-electron chi connectivity index (χ3n) is 1.94. The molecule has 60 valence electrons. The van der Waals surface area contributed by atoms with Crippen molar-refractivity contribution < 1.29 is 0 Å². The second-order valence-corrected chi connectivity index (χ2v) is 3.22. The Morgan fingerprint density at radius 3 is 2.40 bits per heavy atom. The average molecular weight is 140 g/mol. The lowest BCUT2D eigenvalue weighted by Crippen LogP contribution is -1.93. The molecule has 0 heterocycles. The summed E-state index contributed by atoms with van der Waals surface area (Å²) in [7, 11) is 0. The maximum atomic E-state index is 4.03. The third kappa shape index (κ3) is 4.60. The molecular formula is C10H20. The fraction of sp³-hybridized carbons (Fsp3) is 0.800. The first-order valence-corrected chi connectivity index (χ1v) is 4.37. The van der Waals surface area contributed by atoms with Crippen LogP contribution in [0.1, 0.15) is 46.5 Å². The van der Waals surface area contributed by atoms with E-state index in [2.05, 4.69) is 27.4 Å². The summed E-state index contributed by atoms with van der Waals surface area (Å²) in [6.45, 7) is 10.8. The maximum Gasteiger partial charge on any atom is -0.0297 e. The molecule has 0 nitrogen and oxygen atoms in total. The van der Waals surface area contributed by atoms with E-state index in [4.69, 9.17) is 0 Å². The Hall–Kier alpha value is -0.260. The van der Waals surface area contributed by atoms with Gasteiger partial charge in [0.05, 0.1) is 0 Å². The predicted octanol–water partition coefficient (Wildman–Crippen LogP) is 3.78. The summed E-state index contributed by atoms with van der Waals surface area (Å²) in [6, 6.07) is 0. The van der Waals surface area contributed by atoms with Crippen LogP contribution in [0.4, 0.5) is 0 Å². The Balaban J connectivity index is 3.37. The van der Waals surface area contributed by atoms with Crippen molar-refractivity contribution in [3.63, 3.8) is 0 Å². The van der Waals surface area contributed by atoms with E-state index in [9.17, 15) is 0 Å². The fourth-order valence-corrected chi connectivity index (χ4v) is 1.09. The van der Waals surface area contributed by atoms with E-state index in [1.165, 1.54) is 31.3 Å². The highest BCUT2D eigenvalue weighted by Gasteiger charge is 1.99. The van der Waals surface area contributed by atoms with Gasteiger partial charge in [0.15, 0.2) is 0 Å². The van der Waals surface area contributed by atoms with Crippen LogP contribution < -0.4 is 0 Å². The molecule has 0 amide bonds. The molecule has 0 aromatic carbocycles. The molecule has 0 aromatic heterocycles. The van der Waals surface area contributed by atoms with Crippen molar-refractivity contribution in [2.75, 3.05) is 0 Å². The van der Waals surface area contributed by atoms with E-state index in [-0.39, 0.29) is 0 Å². The number of rotatable bonds is 5. The van der Waals surface area contributed by atoms with Crippen molar-refractivity contribution in [2.45, 2.75) is 46.5 Å². The van der Waals surface area contributed by atoms with Crippen LogP contribution >= 0.6 is 0 Å². The predicted molar refractivity (Wildman–Crippen MR) is 48.1 cm³/mol. The first-order valence-electron chi connectivity index (χ1n) is 4.37. The molecule has 0 saturated carbocycles. The van der Waals surface area contributed by atoms with Gasteiger partial charge in [-0.05, 0) is 18.8 Å². The maximum absolute atomic E-state index is 4.03. The van der Waals surface area contributed by atoms with E-state index in [0.717, 1.165) is 5.92 Å². The topological polar surface area (TPSA) is 0 Å². The molecule has 0 spiro atoms. The molecule has 0 radical (unpaired) electrons. The lowest BCUT2D eigenvalue weighted by Gasteiger charge is -2.09. The van der Waals surface area contributed by atoms with Crippen molar-refractivity contribution in [1.29, 1.82) is 0 Å². The van der Waals surface area contributed by atoms with E-state index in [1.807, 2.05) is 0 Å². The van der Waals surface area contributed by atoms with E-state index in [1.54, 1.807) is 0 Å². The minimum absolute atomic E-state index is 0.832. The van der Waals surface area contributed by atoms with E-state index in [0.29, 0.717) is 0 Å². The second-order valence-electron chi connectivity index (χ2n) is 3.22. The molecule has 0 rings (SSSR count). The van der Waals surface area contributed by atoms with Gasteiger partial charge in [-0.25, -0.2) is 0 Å². The highest BCUT2D eigenvalue weighted by Crippen LogP contribution is 2.16. The fourth-order valence-electron chi connectivity index (χ4n) is 1.09. The summed E-state index contributed by atoms with van der Waals surface area (Å²) < 4.78 is 0. The number of hydrogen-bond donors (Lipinski definition) is 0. The highest BCUT2D eigenvalue weighted by molar-refractivity contribution is 4.94. The third-order valence-corrected chi connectivity index (χ3v) is 1.94. The van der Waals surface area contributed by atoms with Gasteiger partial charge in [0.25, 0.3) is 0 Å². The second kappa shape index (κ2) is 5.52. The van der Waals surface area contributed by atoms with Crippen LogP contribution in [0.3, 0.4) is 0 Å². The van der Waals surface area contributed by atoms with Crippen LogP contribution in [0.5, 0.6) is 0 Å². The first kappa shape index (κ1) is 9.74. The van der Waals surface area contributed by atoms with E-state index < -0.39 is 0 Å². The quantitative estimate of drug-likeness (QED) is 0.510. The van der Waals surface area contributed by atoms with Crippen LogP contribution in [0.2, 0.25) is 0 Å². The lowest BCUT2D eigenvalue weighted by atomic mass is 9.97. The molecule has 0 aliphatic heterocycles. The molecular weight excluding hydrogens is 120 g/mol. The molecule has 0 aliphatic carbocycles. The van der Waals surface area contributed by atoms with Crippen LogP contribution in [0, 0.1) is 5.92 Å². The molecule has 0 aliphatic rings. The van der Waals surface area contributed by atoms with Crippen molar-refractivity contribution in [2.24, 2.45) is 5.92 Å². The van der Waals surface area contributed by atoms with E-state index >= 15 is 0 Å². The van der Waals surface area contributed by atoms with Gasteiger partial charge in [0, 0.05) is 0 Å². The largest absolute Gasteiger partial charge is 0.0999 e. The zero-order valence-corrected chi connectivity index (χ0v) is 7.61. The Labute approximate surface area is 65.3 Å². The number of allylic oxidation sites excluding steroid dienone is 1. The van der Waals surface area contributed by atoms with Crippen LogP contribution in [-0.4, -0.2) is 0 Å². The summed E-state index contributed by atoms with van der Waals surface area (Å²) >= 11 is 0. The first-order chi connectivity index (χ1) is 4.70. The SMILES string of the molecule is C=C(CCC)CC(C)CC. The smallest absolute Gasteiger partial charge is 0.0297 e. The molecule has 10 heavy (non-hydrogen) atoms. The average Bonchev–Trinajstić information content (AvgIpc) is 1.88. The minimum Gasteiger partial charge on any atom is -0.0999 e. The van der Waals surface area contributed by atoms with Crippen molar-refractivity contribution in [1.82, 2.24) is 0 Å². The normalized spacial score (nSPS) is 13.1. The van der Waals surface area contributed by atoms with Gasteiger partial charge in [0.2, 0.25) is 0 Å². The van der Waals surface area contributed by atoms with Gasteiger partial charge in [-0.2, -0.15) is 0 Å². The molecule has 0 bridgehead atoms. The molecule has 0 aromatic rings. The molecule has 0 N–H and O–H groups in total. The van der Waals surface area contributed by atoms with Crippen molar-refractivity contribution in [3.05, 3.63) is 12.2 Å². The van der Waals surface area contributed by atoms with Crippen LogP contribution in [-0.2, 0) is 0 Å². The summed E-state index contributed by atoms with van der Waals surface area (Å²) in [6.07, 6.45) is 4.96. The van der Waals surface area contributed by atoms with Crippen LogP contribution in [0.25, 0.3) is 0 Å². The van der Waals surface area contributed by atoms with Gasteiger partial charge in [0.1, 0.15) is 0 Å². The van der Waals surface area contributed by atoms with Gasteiger partial charge in [-0.1, -0.05) is 45.8 Å². The Morgan fingerprint density at radius 1 is 1.40 bits per heavy atom. The summed E-state index contributed by atoms with van der Waals surface area (Å²) in [5.41, 5.74) is 1.43. The van der Waals surface area contributed by atoms with Gasteiger partial charge < -0.3 is 0 Å². The lowest BCUT2D eigenvalue weighted by molar-refractivity contribution is 0.547. The molecule has 0 fully saturated rings. The Morgan fingerprint density at radius 2 is 2.00 bits per heavy atom. The van der Waals surface area contributed by atoms with Gasteiger partial charge in [-0.3, -0.25) is 0 Å². The molecule has 1 unspecified atom stereocenters. The Bertz CT molecular complexity index is 92.2. The summed E-state index contributed by atoms with van der Waals surface area (Å²) in [5.74, 6) is 0.832. The molecule has 1 atom stereocenters. The summed E-state index contributed by atoms with van der Waals surface area (Å²) in [4.78, 5) is 0. The van der Waals surface area contributed by atoms with Crippen LogP contribution in [0.15, 0.2) is 12.2 Å². The minimum atomic E-state index is 0.832. The monoisotopic (exact) mass is 140 g/mol. The molecule has 0 saturated heterocycles. The van der Waals surface area contributed by atoms with Gasteiger partial charge >= 0.3 is 0 Å². The zero-order chi connectivity index (χ0) is 7.98. The summed E-state index contributed by atoms with van der Waals surface area (Å²) in [5, 5.41) is 0. The van der Waals surface area contributed by atoms with Gasteiger partial charge in [-0.15, -0.1) is 0 Å². The highest BCUT2D eigenvalue weighted by atomic mass is 14.1. The standard InChI is InChI=1S/C10H20/c1-5-7-10(4)8-9(3)6-2/h9H,4-8H2,1-3H3.